The number of rotatable bonds is 4. The van der Waals surface area contributed by atoms with Gasteiger partial charge < -0.3 is 11.1 Å². The van der Waals surface area contributed by atoms with Crippen molar-refractivity contribution in [3.63, 3.8) is 0 Å². The maximum atomic E-state index is 13.3. The van der Waals surface area contributed by atoms with Crippen molar-refractivity contribution in [2.24, 2.45) is 0 Å². The minimum absolute atomic E-state index is 0.233. The van der Waals surface area contributed by atoms with Gasteiger partial charge in [-0.05, 0) is 48.4 Å². The monoisotopic (exact) mass is 475 g/mol. The summed E-state index contributed by atoms with van der Waals surface area (Å²) in [6, 6.07) is 20.4. The number of aromatic nitrogens is 3. The van der Waals surface area contributed by atoms with Crippen molar-refractivity contribution in [2.45, 2.75) is 13.5 Å². The summed E-state index contributed by atoms with van der Waals surface area (Å²) in [4.78, 5) is 22.8. The number of halogens is 2. The third-order valence-electron chi connectivity index (χ3n) is 5.54. The van der Waals surface area contributed by atoms with Crippen molar-refractivity contribution in [3.05, 3.63) is 93.5 Å². The Labute approximate surface area is 200 Å². The molecule has 8 heteroatoms. The number of nitrogen functional groups attached to an aromatic ring is 1. The number of carbonyl (C=O) groups is 1. The van der Waals surface area contributed by atoms with Crippen LogP contribution in [-0.2, 0) is 6.54 Å². The highest BCUT2D eigenvalue weighted by Crippen LogP contribution is 2.32. The van der Waals surface area contributed by atoms with Crippen LogP contribution in [0.15, 0.2) is 66.7 Å². The van der Waals surface area contributed by atoms with Crippen LogP contribution in [-0.4, -0.2) is 20.4 Å². The summed E-state index contributed by atoms with van der Waals surface area (Å²) < 4.78 is 1.71. The van der Waals surface area contributed by atoms with Crippen molar-refractivity contribution in [3.8, 4) is 5.69 Å². The van der Waals surface area contributed by atoms with Gasteiger partial charge >= 0.3 is 0 Å². The van der Waals surface area contributed by atoms with Crippen molar-refractivity contribution in [2.75, 3.05) is 5.73 Å². The van der Waals surface area contributed by atoms with E-state index in [1.54, 1.807) is 16.7 Å². The summed E-state index contributed by atoms with van der Waals surface area (Å²) in [6.07, 6.45) is 0. The number of hydrogen-bond acceptors (Lipinski definition) is 4. The maximum Gasteiger partial charge on any atom is 0.257 e. The lowest BCUT2D eigenvalue weighted by Crippen LogP contribution is -2.24. The van der Waals surface area contributed by atoms with Gasteiger partial charge in [-0.2, -0.15) is 0 Å². The van der Waals surface area contributed by atoms with Gasteiger partial charge in [-0.1, -0.05) is 59.6 Å². The van der Waals surface area contributed by atoms with Crippen LogP contribution in [0.3, 0.4) is 0 Å². The first kappa shape index (κ1) is 21.2. The van der Waals surface area contributed by atoms with E-state index in [1.807, 2.05) is 61.5 Å². The highest BCUT2D eigenvalue weighted by molar-refractivity contribution is 6.31. The molecule has 0 unspecified atom stereocenters. The molecule has 0 aliphatic rings. The number of amides is 1. The van der Waals surface area contributed by atoms with Crippen LogP contribution in [0.4, 0.5) is 5.82 Å². The van der Waals surface area contributed by atoms with Gasteiger partial charge in [0.2, 0.25) is 0 Å². The zero-order chi connectivity index (χ0) is 23.1. The molecule has 0 aliphatic carbocycles. The molecule has 5 aromatic rings. The molecule has 33 heavy (non-hydrogen) atoms. The summed E-state index contributed by atoms with van der Waals surface area (Å²) in [7, 11) is 0. The molecule has 0 atom stereocenters. The third-order valence-corrected chi connectivity index (χ3v) is 6.31. The fourth-order valence-corrected chi connectivity index (χ4v) is 4.15. The van der Waals surface area contributed by atoms with Crippen molar-refractivity contribution >= 4 is 57.1 Å². The predicted octanol–water partition coefficient (Wildman–Crippen LogP) is 5.70. The van der Waals surface area contributed by atoms with Crippen LogP contribution >= 0.6 is 23.2 Å². The fraction of sp³-hybridized carbons (Fsp3) is 0.0800. The zero-order valence-electron chi connectivity index (χ0n) is 17.6. The van der Waals surface area contributed by atoms with Crippen molar-refractivity contribution in [1.29, 1.82) is 0 Å². The molecule has 0 fully saturated rings. The van der Waals surface area contributed by atoms with E-state index in [9.17, 15) is 4.79 Å². The van der Waals surface area contributed by atoms with Crippen LogP contribution in [0.1, 0.15) is 21.5 Å². The number of nitrogens with one attached hydrogen (secondary N) is 1. The first-order valence-electron chi connectivity index (χ1n) is 10.3. The van der Waals surface area contributed by atoms with Gasteiger partial charge in [0.15, 0.2) is 5.65 Å². The Morgan fingerprint density at radius 3 is 2.39 bits per heavy atom. The number of carbonyl (C=O) groups excluding carboxylic acids is 1. The van der Waals surface area contributed by atoms with Gasteiger partial charge in [0.05, 0.1) is 16.7 Å². The van der Waals surface area contributed by atoms with Crippen LogP contribution in [0.25, 0.3) is 27.9 Å². The number of anilines is 1. The van der Waals surface area contributed by atoms with E-state index < -0.39 is 0 Å². The molecule has 2 heterocycles. The number of nitrogens with two attached hydrogens (primary N) is 1. The molecule has 3 aromatic carbocycles. The largest absolute Gasteiger partial charge is 0.384 e. The molecule has 0 saturated heterocycles. The fourth-order valence-electron chi connectivity index (χ4n) is 3.77. The van der Waals surface area contributed by atoms with Crippen LogP contribution in [0.2, 0.25) is 10.0 Å². The molecule has 6 nitrogen and oxygen atoms in total. The highest BCUT2D eigenvalue weighted by atomic mass is 35.5. The first-order valence-corrected chi connectivity index (χ1v) is 11.0. The van der Waals surface area contributed by atoms with Crippen molar-refractivity contribution in [1.82, 2.24) is 19.9 Å². The Morgan fingerprint density at radius 2 is 1.67 bits per heavy atom. The smallest absolute Gasteiger partial charge is 0.257 e. The van der Waals surface area contributed by atoms with E-state index in [0.717, 1.165) is 11.1 Å². The standard InChI is InChI=1S/C25H19Cl2N5O/c1-14-10-11-16(12-18(14)27)32-23(28)21(25(33)29-13-15-6-2-3-7-17(15)26)22-24(32)31-20-9-5-4-8-19(20)30-22/h2-12H,13,28H2,1H3,(H,29,33). The quantitative estimate of drug-likeness (QED) is 0.348. The second-order valence-electron chi connectivity index (χ2n) is 7.69. The van der Waals surface area contributed by atoms with E-state index in [2.05, 4.69) is 5.32 Å². The minimum atomic E-state index is -0.362. The Balaban J connectivity index is 1.68. The Morgan fingerprint density at radius 1 is 0.970 bits per heavy atom. The lowest BCUT2D eigenvalue weighted by Gasteiger charge is -2.10. The van der Waals surface area contributed by atoms with E-state index in [0.29, 0.717) is 37.9 Å². The molecule has 2 aromatic heterocycles. The van der Waals surface area contributed by atoms with Gasteiger partial charge in [-0.15, -0.1) is 0 Å². The third kappa shape index (κ3) is 3.77. The van der Waals surface area contributed by atoms with Gasteiger partial charge in [0.1, 0.15) is 16.9 Å². The molecule has 0 spiro atoms. The average Bonchev–Trinajstić information content (AvgIpc) is 3.09. The summed E-state index contributed by atoms with van der Waals surface area (Å²) in [5.41, 5.74) is 11.5. The summed E-state index contributed by atoms with van der Waals surface area (Å²) in [5, 5.41) is 4.08. The highest BCUT2D eigenvalue weighted by Gasteiger charge is 2.25. The summed E-state index contributed by atoms with van der Waals surface area (Å²) in [6.45, 7) is 2.17. The Kier molecular flexibility index (Phi) is 5.40. The average molecular weight is 476 g/mol. The Hall–Kier alpha value is -3.61. The molecule has 0 saturated carbocycles. The minimum Gasteiger partial charge on any atom is -0.384 e. The first-order chi connectivity index (χ1) is 15.9. The number of nitrogens with zero attached hydrogens (tertiary/aromatic N) is 3. The van der Waals surface area contributed by atoms with E-state index in [-0.39, 0.29) is 23.8 Å². The van der Waals surface area contributed by atoms with Crippen molar-refractivity contribution < 1.29 is 4.79 Å². The molecule has 5 rings (SSSR count). The van der Waals surface area contributed by atoms with E-state index in [4.69, 9.17) is 38.9 Å². The molecular formula is C25H19Cl2N5O. The van der Waals surface area contributed by atoms with E-state index >= 15 is 0 Å². The number of hydrogen-bond donors (Lipinski definition) is 2. The predicted molar refractivity (Wildman–Crippen MR) is 133 cm³/mol. The lowest BCUT2D eigenvalue weighted by molar-refractivity contribution is 0.0953. The number of benzene rings is 3. The zero-order valence-corrected chi connectivity index (χ0v) is 19.2. The van der Waals surface area contributed by atoms with Crippen LogP contribution in [0, 0.1) is 6.92 Å². The second-order valence-corrected chi connectivity index (χ2v) is 8.50. The SMILES string of the molecule is Cc1ccc(-n2c(N)c(C(=O)NCc3ccccc3Cl)c3nc4ccccc4nc32)cc1Cl. The number of aryl methyl sites for hydroxylation is 1. The molecule has 0 bridgehead atoms. The van der Waals surface area contributed by atoms with Gasteiger partial charge in [0.25, 0.3) is 5.91 Å². The van der Waals surface area contributed by atoms with Crippen LogP contribution in [0.5, 0.6) is 0 Å². The molecule has 0 radical (unpaired) electrons. The number of para-hydroxylation sites is 2. The lowest BCUT2D eigenvalue weighted by atomic mass is 10.2. The number of fused-ring (bicyclic) bond motifs is 2. The second kappa shape index (κ2) is 8.39. The van der Waals surface area contributed by atoms with Gasteiger partial charge in [0, 0.05) is 16.6 Å². The molecule has 0 aliphatic heterocycles. The van der Waals surface area contributed by atoms with Gasteiger partial charge in [-0.25, -0.2) is 9.97 Å². The molecule has 3 N–H and O–H groups in total. The Bertz CT molecular complexity index is 1540. The topological polar surface area (TPSA) is 85.8 Å². The molecule has 1 amide bonds. The maximum absolute atomic E-state index is 13.3. The normalized spacial score (nSPS) is 11.2. The van der Waals surface area contributed by atoms with Gasteiger partial charge in [-0.3, -0.25) is 9.36 Å². The van der Waals surface area contributed by atoms with E-state index in [1.165, 1.54) is 0 Å². The van der Waals surface area contributed by atoms with Crippen LogP contribution < -0.4 is 11.1 Å². The summed E-state index contributed by atoms with van der Waals surface area (Å²) >= 11 is 12.6. The molecular weight excluding hydrogens is 457 g/mol. The molecule has 164 valence electrons. The summed E-state index contributed by atoms with van der Waals surface area (Å²) in [5.74, 6) is -0.129.